The number of hydrogen-bond acceptors (Lipinski definition) is 8. The third-order valence-electron chi connectivity index (χ3n) is 6.02. The van der Waals surface area contributed by atoms with Crippen LogP contribution in [0.1, 0.15) is 30.3 Å². The van der Waals surface area contributed by atoms with Gasteiger partial charge in [-0.2, -0.15) is 10.1 Å². The van der Waals surface area contributed by atoms with Crippen LogP contribution in [0.3, 0.4) is 0 Å². The number of halogens is 1. The monoisotopic (exact) mass is 478 g/mol. The first-order chi connectivity index (χ1) is 16.9. The maximum absolute atomic E-state index is 13.3. The van der Waals surface area contributed by atoms with Crippen LogP contribution in [0.15, 0.2) is 42.7 Å². The lowest BCUT2D eigenvalue weighted by atomic mass is 9.98. The van der Waals surface area contributed by atoms with Crippen LogP contribution in [0.2, 0.25) is 0 Å². The third-order valence-corrected chi connectivity index (χ3v) is 6.02. The van der Waals surface area contributed by atoms with E-state index in [1.54, 1.807) is 16.8 Å². The van der Waals surface area contributed by atoms with Gasteiger partial charge in [-0.1, -0.05) is 0 Å². The summed E-state index contributed by atoms with van der Waals surface area (Å²) in [5.74, 6) is 0.410. The molecular formula is C22H23FN10O2. The molecule has 1 aliphatic heterocycles. The highest BCUT2D eigenvalue weighted by Gasteiger charge is 2.45. The second kappa shape index (κ2) is 8.66. The SMILES string of the molecule is CNC(=O)c1cc(Nc2nc(N3CCC[C@@]3(C)C(=O)Nc3ccc(F)cn3)nn3cccc23)n[nH]1. The summed E-state index contributed by atoms with van der Waals surface area (Å²) in [6.45, 7) is 2.38. The molecule has 0 spiro atoms. The molecule has 180 valence electrons. The minimum Gasteiger partial charge on any atom is -0.354 e. The Morgan fingerprint density at radius 1 is 1.23 bits per heavy atom. The molecule has 2 amide bonds. The third kappa shape index (κ3) is 4.11. The van der Waals surface area contributed by atoms with Crippen molar-refractivity contribution in [2.45, 2.75) is 25.3 Å². The molecule has 0 bridgehead atoms. The zero-order chi connectivity index (χ0) is 24.6. The van der Waals surface area contributed by atoms with Crippen molar-refractivity contribution >= 4 is 40.7 Å². The minimum atomic E-state index is -0.952. The average molecular weight is 478 g/mol. The maximum Gasteiger partial charge on any atom is 0.269 e. The van der Waals surface area contributed by atoms with Crippen molar-refractivity contribution < 1.29 is 14.0 Å². The number of aromatic nitrogens is 6. The van der Waals surface area contributed by atoms with Crippen LogP contribution in [0.5, 0.6) is 0 Å². The van der Waals surface area contributed by atoms with Crippen molar-refractivity contribution in [3.05, 3.63) is 54.2 Å². The van der Waals surface area contributed by atoms with Crippen LogP contribution in [0, 0.1) is 5.82 Å². The first-order valence-corrected chi connectivity index (χ1v) is 11.0. The number of H-pyrrole nitrogens is 1. The molecule has 1 saturated heterocycles. The van der Waals surface area contributed by atoms with Gasteiger partial charge in [-0.05, 0) is 44.0 Å². The van der Waals surface area contributed by atoms with Crippen LogP contribution in [-0.4, -0.2) is 60.7 Å². The Morgan fingerprint density at radius 2 is 2.09 bits per heavy atom. The average Bonchev–Trinajstić information content (AvgIpc) is 3.60. The molecule has 5 rings (SSSR count). The molecule has 4 N–H and O–H groups in total. The Bertz CT molecular complexity index is 1400. The number of pyridine rings is 1. The van der Waals surface area contributed by atoms with Crippen LogP contribution in [0.25, 0.3) is 5.52 Å². The van der Waals surface area contributed by atoms with E-state index in [0.29, 0.717) is 41.8 Å². The molecule has 1 atom stereocenters. The summed E-state index contributed by atoms with van der Waals surface area (Å²) >= 11 is 0. The number of anilines is 4. The van der Waals surface area contributed by atoms with Gasteiger partial charge in [-0.3, -0.25) is 14.7 Å². The zero-order valence-electron chi connectivity index (χ0n) is 19.0. The minimum absolute atomic E-state index is 0.263. The summed E-state index contributed by atoms with van der Waals surface area (Å²) in [5, 5.41) is 19.9. The van der Waals surface area contributed by atoms with Gasteiger partial charge >= 0.3 is 0 Å². The Labute approximate surface area is 199 Å². The number of hydrogen-bond donors (Lipinski definition) is 4. The molecule has 4 aromatic heterocycles. The van der Waals surface area contributed by atoms with Gasteiger partial charge in [0.1, 0.15) is 28.4 Å². The number of rotatable bonds is 6. The van der Waals surface area contributed by atoms with E-state index < -0.39 is 11.4 Å². The van der Waals surface area contributed by atoms with Crippen LogP contribution < -0.4 is 20.9 Å². The number of aromatic amines is 1. The predicted octanol–water partition coefficient (Wildman–Crippen LogP) is 2.09. The molecule has 0 unspecified atom stereocenters. The van der Waals surface area contributed by atoms with E-state index in [2.05, 4.69) is 36.2 Å². The summed E-state index contributed by atoms with van der Waals surface area (Å²) in [6.07, 6.45) is 4.16. The van der Waals surface area contributed by atoms with Gasteiger partial charge in [0, 0.05) is 25.9 Å². The van der Waals surface area contributed by atoms with Crippen molar-refractivity contribution in [1.82, 2.24) is 35.1 Å². The lowest BCUT2D eigenvalue weighted by Crippen LogP contribution is -2.52. The summed E-state index contributed by atoms with van der Waals surface area (Å²) in [6, 6.07) is 7.90. The highest BCUT2D eigenvalue weighted by molar-refractivity contribution is 5.99. The van der Waals surface area contributed by atoms with E-state index in [0.717, 1.165) is 12.6 Å². The van der Waals surface area contributed by atoms with Gasteiger partial charge in [0.2, 0.25) is 5.95 Å². The van der Waals surface area contributed by atoms with E-state index in [1.165, 1.54) is 19.2 Å². The van der Waals surface area contributed by atoms with Gasteiger partial charge in [0.05, 0.1) is 6.20 Å². The molecule has 12 nitrogen and oxygen atoms in total. The highest BCUT2D eigenvalue weighted by atomic mass is 19.1. The molecule has 0 saturated carbocycles. The number of nitrogens with zero attached hydrogens (tertiary/aromatic N) is 6. The van der Waals surface area contributed by atoms with E-state index in [9.17, 15) is 14.0 Å². The topological polar surface area (TPSA) is 145 Å². The second-order valence-corrected chi connectivity index (χ2v) is 8.31. The van der Waals surface area contributed by atoms with Crippen LogP contribution in [-0.2, 0) is 4.79 Å². The van der Waals surface area contributed by atoms with Gasteiger partial charge < -0.3 is 20.9 Å². The van der Waals surface area contributed by atoms with Gasteiger partial charge in [0.25, 0.3) is 11.8 Å². The fourth-order valence-corrected chi connectivity index (χ4v) is 4.11. The second-order valence-electron chi connectivity index (χ2n) is 8.31. The Kier molecular flexibility index (Phi) is 5.51. The Balaban J connectivity index is 1.45. The number of amides is 2. The lowest BCUT2D eigenvalue weighted by Gasteiger charge is -2.33. The van der Waals surface area contributed by atoms with E-state index >= 15 is 0 Å². The summed E-state index contributed by atoms with van der Waals surface area (Å²) in [4.78, 5) is 35.6. The number of carbonyl (C=O) groups excluding carboxylic acids is 2. The molecule has 13 heteroatoms. The van der Waals surface area contributed by atoms with Crippen LogP contribution >= 0.6 is 0 Å². The smallest absolute Gasteiger partial charge is 0.269 e. The summed E-state index contributed by atoms with van der Waals surface area (Å²) < 4.78 is 14.9. The normalized spacial score (nSPS) is 17.5. The first-order valence-electron chi connectivity index (χ1n) is 11.0. The standard InChI is InChI=1S/C22H23FN10O2/c1-22(20(35)27-16-7-6-13(23)12-25-16)8-4-9-32(22)21-28-18(15-5-3-10-33(15)31-21)26-17-11-14(29-30-17)19(34)24-2/h3,5-7,10-12H,4,8-9H2,1-2H3,(H,24,34)(H,25,27,35)(H2,26,28,29,30,31)/t22-/m0/s1. The Morgan fingerprint density at radius 3 is 2.86 bits per heavy atom. The number of fused-ring (bicyclic) bond motifs is 1. The summed E-state index contributed by atoms with van der Waals surface area (Å²) in [5.41, 5.74) is 0.0420. The largest absolute Gasteiger partial charge is 0.354 e. The van der Waals surface area contributed by atoms with E-state index in [-0.39, 0.29) is 17.6 Å². The van der Waals surface area contributed by atoms with E-state index in [4.69, 9.17) is 4.98 Å². The van der Waals surface area contributed by atoms with Gasteiger partial charge in [0.15, 0.2) is 11.6 Å². The fraction of sp³-hybridized carbons (Fsp3) is 0.273. The molecule has 0 aliphatic carbocycles. The molecule has 0 aromatic carbocycles. The molecule has 4 aromatic rings. The zero-order valence-corrected chi connectivity index (χ0v) is 19.0. The molecule has 5 heterocycles. The molecule has 0 radical (unpaired) electrons. The Hall–Kier alpha value is -4.55. The molecular weight excluding hydrogens is 455 g/mol. The quantitative estimate of drug-likeness (QED) is 0.330. The predicted molar refractivity (Wildman–Crippen MR) is 126 cm³/mol. The number of nitrogens with one attached hydrogen (secondary N) is 4. The maximum atomic E-state index is 13.3. The lowest BCUT2D eigenvalue weighted by molar-refractivity contribution is -0.120. The van der Waals surface area contributed by atoms with Crippen LogP contribution in [0.4, 0.5) is 27.8 Å². The number of carbonyl (C=O) groups is 2. The van der Waals surface area contributed by atoms with Crippen molar-refractivity contribution in [3.63, 3.8) is 0 Å². The van der Waals surface area contributed by atoms with Crippen molar-refractivity contribution in [2.24, 2.45) is 0 Å². The van der Waals surface area contributed by atoms with Crippen molar-refractivity contribution in [3.8, 4) is 0 Å². The molecule has 35 heavy (non-hydrogen) atoms. The van der Waals surface area contributed by atoms with E-state index in [1.807, 2.05) is 24.0 Å². The van der Waals surface area contributed by atoms with Gasteiger partial charge in [-0.25, -0.2) is 13.9 Å². The summed E-state index contributed by atoms with van der Waals surface area (Å²) in [7, 11) is 1.53. The molecule has 1 fully saturated rings. The van der Waals surface area contributed by atoms with Crippen molar-refractivity contribution in [2.75, 3.05) is 29.1 Å². The van der Waals surface area contributed by atoms with Crippen molar-refractivity contribution in [1.29, 1.82) is 0 Å². The van der Waals surface area contributed by atoms with Gasteiger partial charge in [-0.15, -0.1) is 5.10 Å². The highest BCUT2D eigenvalue weighted by Crippen LogP contribution is 2.34. The molecule has 1 aliphatic rings. The fourth-order valence-electron chi connectivity index (χ4n) is 4.11. The first kappa shape index (κ1) is 22.3.